The van der Waals surface area contributed by atoms with Gasteiger partial charge in [0.2, 0.25) is 5.91 Å². The van der Waals surface area contributed by atoms with Crippen molar-refractivity contribution >= 4 is 29.2 Å². The molecule has 1 amide bonds. The van der Waals surface area contributed by atoms with Gasteiger partial charge in [-0.2, -0.15) is 0 Å². The van der Waals surface area contributed by atoms with Gasteiger partial charge in [0.25, 0.3) is 0 Å². The van der Waals surface area contributed by atoms with Crippen molar-refractivity contribution in [2.45, 2.75) is 44.4 Å². The third kappa shape index (κ3) is 7.53. The van der Waals surface area contributed by atoms with Crippen LogP contribution in [-0.2, 0) is 20.7 Å². The second-order valence-electron chi connectivity index (χ2n) is 10.3. The van der Waals surface area contributed by atoms with Crippen LogP contribution in [0.1, 0.15) is 48.4 Å². The molecule has 0 aliphatic carbocycles. The smallest absolute Gasteiger partial charge is 0.469 e. The number of fused-ring (bicyclic) bond motifs is 4. The maximum atomic E-state index is 13.0. The molecule has 3 aromatic carbocycles. The van der Waals surface area contributed by atoms with E-state index in [9.17, 15) is 22.8 Å². The van der Waals surface area contributed by atoms with Crippen LogP contribution in [0.15, 0.2) is 79.0 Å². The van der Waals surface area contributed by atoms with E-state index >= 15 is 0 Å². The number of carbonyl (C=O) groups excluding carboxylic acids is 2. The third-order valence-electron chi connectivity index (χ3n) is 7.30. The first-order valence-electron chi connectivity index (χ1n) is 13.7. The zero-order valence-electron chi connectivity index (χ0n) is 23.2. The Morgan fingerprint density at radius 2 is 1.84 bits per heavy atom. The number of anilines is 1. The number of alkyl halides is 3. The summed E-state index contributed by atoms with van der Waals surface area (Å²) in [6, 6.07) is 20.9. The Labute approximate surface area is 251 Å². The monoisotopic (exact) mass is 608 g/mol. The van der Waals surface area contributed by atoms with E-state index < -0.39 is 6.36 Å². The Hall–Kier alpha value is -4.37. The third-order valence-corrected chi connectivity index (χ3v) is 7.54. The molecule has 0 saturated carbocycles. The molecule has 1 aliphatic rings. The maximum Gasteiger partial charge on any atom is 0.573 e. The number of nitrogens with one attached hydrogen (secondary N) is 1. The molecule has 1 N–H and O–H groups in total. The number of benzene rings is 3. The van der Waals surface area contributed by atoms with Crippen molar-refractivity contribution in [3.8, 4) is 28.0 Å². The van der Waals surface area contributed by atoms with Crippen molar-refractivity contribution in [2.24, 2.45) is 0 Å². The second kappa shape index (κ2) is 12.9. The van der Waals surface area contributed by atoms with Gasteiger partial charge in [0.15, 0.2) is 0 Å². The molecule has 1 atom stereocenters. The van der Waals surface area contributed by atoms with Crippen molar-refractivity contribution in [1.29, 1.82) is 0 Å². The summed E-state index contributed by atoms with van der Waals surface area (Å²) in [5.74, 6) is -0.978. The zero-order valence-corrected chi connectivity index (χ0v) is 24.0. The van der Waals surface area contributed by atoms with E-state index in [4.69, 9.17) is 16.3 Å². The van der Waals surface area contributed by atoms with Crippen LogP contribution in [-0.4, -0.2) is 30.3 Å². The van der Waals surface area contributed by atoms with Gasteiger partial charge < -0.3 is 14.8 Å². The zero-order chi connectivity index (χ0) is 30.6. The van der Waals surface area contributed by atoms with Crippen LogP contribution < -0.4 is 10.1 Å². The molecule has 4 aromatic rings. The minimum atomic E-state index is -4.85. The summed E-state index contributed by atoms with van der Waals surface area (Å²) in [4.78, 5) is 29.4. The largest absolute Gasteiger partial charge is 0.573 e. The summed E-state index contributed by atoms with van der Waals surface area (Å²) in [5, 5.41) is 3.28. The molecule has 1 aromatic heterocycles. The van der Waals surface area contributed by atoms with Crippen LogP contribution in [0.3, 0.4) is 0 Å². The summed E-state index contributed by atoms with van der Waals surface area (Å²) in [6.07, 6.45) is -0.805. The molecule has 2 bridgehead atoms. The number of amides is 1. The van der Waals surface area contributed by atoms with E-state index in [1.807, 2.05) is 30.3 Å². The van der Waals surface area contributed by atoms with Crippen LogP contribution in [0.2, 0.25) is 5.02 Å². The number of aromatic nitrogens is 1. The Bertz CT molecular complexity index is 1640. The highest BCUT2D eigenvalue weighted by atomic mass is 35.5. The van der Waals surface area contributed by atoms with Crippen molar-refractivity contribution in [3.05, 3.63) is 101 Å². The summed E-state index contributed by atoms with van der Waals surface area (Å²) in [6.45, 7) is 0. The van der Waals surface area contributed by atoms with Crippen LogP contribution >= 0.6 is 11.6 Å². The number of ether oxygens (including phenoxy) is 2. The molecule has 2 heterocycles. The lowest BCUT2D eigenvalue weighted by molar-refractivity contribution is -0.274. The average Bonchev–Trinajstić information content (AvgIpc) is 2.97. The van der Waals surface area contributed by atoms with Gasteiger partial charge in [0.05, 0.1) is 13.5 Å². The first-order chi connectivity index (χ1) is 20.6. The lowest BCUT2D eigenvalue weighted by Crippen LogP contribution is -2.17. The fraction of sp³-hybridized carbons (Fsp3) is 0.242. The highest BCUT2D eigenvalue weighted by Gasteiger charge is 2.32. The first kappa shape index (κ1) is 30.1. The summed E-state index contributed by atoms with van der Waals surface area (Å²) < 4.78 is 48.1. The van der Waals surface area contributed by atoms with Gasteiger partial charge in [-0.25, -0.2) is 0 Å². The van der Waals surface area contributed by atoms with E-state index in [2.05, 4.69) is 21.1 Å². The number of hydrogen-bond donors (Lipinski definition) is 1. The molecule has 6 nitrogen and oxygen atoms in total. The topological polar surface area (TPSA) is 77.5 Å². The van der Waals surface area contributed by atoms with E-state index in [0.29, 0.717) is 30.5 Å². The first-order valence-corrected chi connectivity index (χ1v) is 14.1. The molecule has 1 unspecified atom stereocenters. The highest BCUT2D eigenvalue weighted by molar-refractivity contribution is 6.31. The van der Waals surface area contributed by atoms with Gasteiger partial charge in [0, 0.05) is 51.6 Å². The Balaban J connectivity index is 1.51. The van der Waals surface area contributed by atoms with E-state index in [1.54, 1.807) is 18.2 Å². The Kier molecular flexibility index (Phi) is 9.01. The molecule has 0 spiro atoms. The minimum absolute atomic E-state index is 0.0858. The van der Waals surface area contributed by atoms with E-state index in [1.165, 1.54) is 31.5 Å². The predicted octanol–water partition coefficient (Wildman–Crippen LogP) is 8.33. The van der Waals surface area contributed by atoms with Gasteiger partial charge in [-0.15, -0.1) is 13.2 Å². The molecular weight excluding hydrogens is 581 g/mol. The summed E-state index contributed by atoms with van der Waals surface area (Å²) >= 11 is 6.09. The summed E-state index contributed by atoms with van der Waals surface area (Å²) in [5.41, 5.74) is 5.40. The van der Waals surface area contributed by atoms with Crippen molar-refractivity contribution < 1.29 is 32.2 Å². The number of methoxy groups -OCH3 is 1. The molecule has 10 heteroatoms. The lowest BCUT2D eigenvalue weighted by Gasteiger charge is -2.21. The SMILES string of the molecule is COC(=O)Cc1ccc2c(c1)NC(=O)CCCCC(c1ccc(-c3cc(Cl)ccc3OC(F)(F)F)cn1)c1cccc-2c1. The van der Waals surface area contributed by atoms with E-state index in [-0.39, 0.29) is 40.6 Å². The highest BCUT2D eigenvalue weighted by Crippen LogP contribution is 2.38. The number of nitrogens with zero attached hydrogens (tertiary/aromatic N) is 1. The fourth-order valence-corrected chi connectivity index (χ4v) is 5.43. The maximum absolute atomic E-state index is 13.0. The van der Waals surface area contributed by atoms with Gasteiger partial charge in [-0.3, -0.25) is 14.6 Å². The van der Waals surface area contributed by atoms with E-state index in [0.717, 1.165) is 34.4 Å². The van der Waals surface area contributed by atoms with Gasteiger partial charge >= 0.3 is 12.3 Å². The van der Waals surface area contributed by atoms with Crippen LogP contribution in [0.25, 0.3) is 22.3 Å². The molecule has 222 valence electrons. The van der Waals surface area contributed by atoms with Crippen molar-refractivity contribution in [2.75, 3.05) is 12.4 Å². The summed E-state index contributed by atoms with van der Waals surface area (Å²) in [7, 11) is 1.33. The number of hydrogen-bond acceptors (Lipinski definition) is 5. The average molecular weight is 609 g/mol. The van der Waals surface area contributed by atoms with Crippen LogP contribution in [0.5, 0.6) is 5.75 Å². The van der Waals surface area contributed by atoms with Gasteiger partial charge in [0.1, 0.15) is 5.75 Å². The normalized spacial score (nSPS) is 15.4. The number of rotatable bonds is 5. The standard InChI is InChI=1S/C33H28ClF3N2O4/c1-42-32(41)16-20-9-12-26-22-6-4-5-21(17-22)25(7-2-3-8-31(40)39-29(26)15-20)28-13-10-23(19-38-28)27-18-24(34)11-14-30(27)43-33(35,36)37/h4-6,9-15,17-19,25H,2-3,7-8,16H2,1H3,(H,39,40). The van der Waals surface area contributed by atoms with Gasteiger partial charge in [-0.1, -0.05) is 60.5 Å². The molecule has 0 fully saturated rings. The molecule has 5 rings (SSSR count). The van der Waals surface area contributed by atoms with Crippen LogP contribution in [0.4, 0.5) is 18.9 Å². The fourth-order valence-electron chi connectivity index (χ4n) is 5.26. The number of halogens is 4. The molecular formula is C33H28ClF3N2O4. The molecule has 1 aliphatic heterocycles. The number of esters is 1. The lowest BCUT2D eigenvalue weighted by atomic mass is 9.87. The quantitative estimate of drug-likeness (QED) is 0.231. The van der Waals surface area contributed by atoms with Crippen LogP contribution in [0, 0.1) is 0 Å². The Morgan fingerprint density at radius 1 is 1.00 bits per heavy atom. The van der Waals surface area contributed by atoms with Crippen molar-refractivity contribution in [3.63, 3.8) is 0 Å². The predicted molar refractivity (Wildman–Crippen MR) is 158 cm³/mol. The second-order valence-corrected chi connectivity index (χ2v) is 10.7. The number of pyridine rings is 1. The Morgan fingerprint density at radius 3 is 2.58 bits per heavy atom. The van der Waals surface area contributed by atoms with Gasteiger partial charge in [-0.05, 0) is 59.9 Å². The molecule has 43 heavy (non-hydrogen) atoms. The number of carbonyl (C=O) groups is 2. The molecule has 0 radical (unpaired) electrons. The minimum Gasteiger partial charge on any atom is -0.469 e. The van der Waals surface area contributed by atoms with Crippen molar-refractivity contribution in [1.82, 2.24) is 4.98 Å². The molecule has 0 saturated heterocycles.